The Morgan fingerprint density at radius 1 is 1.20 bits per heavy atom. The standard InChI is InChI=1S/C14H10BrNO4/c15-10-5-3-9(4-6-10)8-11(14(18)19)16-13(17)12-2-1-7-20-12/h1-8H,(H,16,17)(H,18,19). The van der Waals surface area contributed by atoms with E-state index in [0.29, 0.717) is 5.56 Å². The molecule has 1 aromatic carbocycles. The van der Waals surface area contributed by atoms with Gasteiger partial charge in [0.1, 0.15) is 5.70 Å². The Morgan fingerprint density at radius 2 is 1.90 bits per heavy atom. The number of carbonyl (C=O) groups excluding carboxylic acids is 1. The van der Waals surface area contributed by atoms with Crippen LogP contribution < -0.4 is 5.32 Å². The first-order valence-electron chi connectivity index (χ1n) is 5.61. The number of furan rings is 1. The third kappa shape index (κ3) is 3.58. The van der Waals surface area contributed by atoms with Crippen LogP contribution in [0.3, 0.4) is 0 Å². The van der Waals surface area contributed by atoms with E-state index < -0.39 is 11.9 Å². The molecule has 0 fully saturated rings. The molecule has 20 heavy (non-hydrogen) atoms. The number of aliphatic carboxylic acids is 1. The van der Waals surface area contributed by atoms with E-state index in [0.717, 1.165) is 4.47 Å². The van der Waals surface area contributed by atoms with Gasteiger partial charge in [-0.1, -0.05) is 28.1 Å². The Hall–Kier alpha value is -2.34. The molecule has 0 saturated heterocycles. The van der Waals surface area contributed by atoms with Crippen LogP contribution in [0.15, 0.2) is 57.2 Å². The van der Waals surface area contributed by atoms with Crippen LogP contribution in [-0.2, 0) is 4.79 Å². The summed E-state index contributed by atoms with van der Waals surface area (Å²) in [4.78, 5) is 22.9. The lowest BCUT2D eigenvalue weighted by Gasteiger charge is -2.04. The quantitative estimate of drug-likeness (QED) is 0.842. The zero-order chi connectivity index (χ0) is 14.5. The van der Waals surface area contributed by atoms with Gasteiger partial charge in [-0.15, -0.1) is 0 Å². The van der Waals surface area contributed by atoms with E-state index in [1.165, 1.54) is 18.4 Å². The minimum Gasteiger partial charge on any atom is -0.477 e. The molecule has 2 N–H and O–H groups in total. The number of rotatable bonds is 4. The van der Waals surface area contributed by atoms with Crippen molar-refractivity contribution >= 4 is 33.9 Å². The van der Waals surface area contributed by atoms with Crippen molar-refractivity contribution in [3.63, 3.8) is 0 Å². The second-order valence-electron chi connectivity index (χ2n) is 3.85. The molecule has 2 aromatic rings. The van der Waals surface area contributed by atoms with Gasteiger partial charge >= 0.3 is 5.97 Å². The Bertz CT molecular complexity index is 644. The molecular formula is C14H10BrNO4. The van der Waals surface area contributed by atoms with Crippen molar-refractivity contribution in [3.8, 4) is 0 Å². The molecule has 1 aromatic heterocycles. The maximum atomic E-state index is 11.7. The Kier molecular flexibility index (Phi) is 4.37. The van der Waals surface area contributed by atoms with Gasteiger partial charge in [0.2, 0.25) is 0 Å². The van der Waals surface area contributed by atoms with E-state index in [1.54, 1.807) is 30.3 Å². The van der Waals surface area contributed by atoms with Gasteiger partial charge in [-0.2, -0.15) is 0 Å². The lowest BCUT2D eigenvalue weighted by molar-refractivity contribution is -0.132. The number of nitrogens with one attached hydrogen (secondary N) is 1. The smallest absolute Gasteiger partial charge is 0.352 e. The van der Waals surface area contributed by atoms with Crippen molar-refractivity contribution < 1.29 is 19.1 Å². The molecule has 102 valence electrons. The molecule has 0 unspecified atom stereocenters. The Morgan fingerprint density at radius 3 is 2.45 bits per heavy atom. The predicted octanol–water partition coefficient (Wildman–Crippen LogP) is 2.90. The van der Waals surface area contributed by atoms with Crippen molar-refractivity contribution in [2.45, 2.75) is 0 Å². The highest BCUT2D eigenvalue weighted by molar-refractivity contribution is 9.10. The van der Waals surface area contributed by atoms with Crippen LogP contribution in [0.25, 0.3) is 6.08 Å². The van der Waals surface area contributed by atoms with E-state index in [-0.39, 0.29) is 11.5 Å². The second kappa shape index (κ2) is 6.21. The average molecular weight is 336 g/mol. The maximum absolute atomic E-state index is 11.7. The average Bonchev–Trinajstić information content (AvgIpc) is 2.94. The number of carboxylic acids is 1. The molecule has 5 nitrogen and oxygen atoms in total. The number of hydrogen-bond donors (Lipinski definition) is 2. The number of benzene rings is 1. The summed E-state index contributed by atoms with van der Waals surface area (Å²) in [6.07, 6.45) is 2.71. The van der Waals surface area contributed by atoms with E-state index in [1.807, 2.05) is 0 Å². The summed E-state index contributed by atoms with van der Waals surface area (Å²) < 4.78 is 5.78. The third-order valence-electron chi connectivity index (χ3n) is 2.40. The van der Waals surface area contributed by atoms with Crippen molar-refractivity contribution in [1.29, 1.82) is 0 Å². The lowest BCUT2D eigenvalue weighted by Crippen LogP contribution is -2.26. The Balaban J connectivity index is 2.21. The van der Waals surface area contributed by atoms with Gasteiger partial charge in [0.15, 0.2) is 5.76 Å². The van der Waals surface area contributed by atoms with Gasteiger partial charge in [-0.25, -0.2) is 4.79 Å². The van der Waals surface area contributed by atoms with E-state index in [9.17, 15) is 9.59 Å². The molecule has 2 rings (SSSR count). The Labute approximate surface area is 123 Å². The highest BCUT2D eigenvalue weighted by Crippen LogP contribution is 2.13. The molecule has 1 heterocycles. The van der Waals surface area contributed by atoms with Crippen molar-refractivity contribution in [1.82, 2.24) is 5.32 Å². The summed E-state index contributed by atoms with van der Waals surface area (Å²) in [6.45, 7) is 0. The van der Waals surface area contributed by atoms with Gasteiger partial charge < -0.3 is 14.8 Å². The normalized spacial score (nSPS) is 11.2. The van der Waals surface area contributed by atoms with Crippen molar-refractivity contribution in [2.75, 3.05) is 0 Å². The third-order valence-corrected chi connectivity index (χ3v) is 2.93. The van der Waals surface area contributed by atoms with Crippen LogP contribution in [0, 0.1) is 0 Å². The van der Waals surface area contributed by atoms with Crippen LogP contribution >= 0.6 is 15.9 Å². The summed E-state index contributed by atoms with van der Waals surface area (Å²) in [6, 6.07) is 10.0. The predicted molar refractivity (Wildman–Crippen MR) is 75.9 cm³/mol. The summed E-state index contributed by atoms with van der Waals surface area (Å²) in [7, 11) is 0. The summed E-state index contributed by atoms with van der Waals surface area (Å²) in [5.74, 6) is -1.79. The topological polar surface area (TPSA) is 79.5 Å². The van der Waals surface area contributed by atoms with E-state index in [4.69, 9.17) is 9.52 Å². The number of amides is 1. The van der Waals surface area contributed by atoms with Crippen LogP contribution in [0.1, 0.15) is 16.1 Å². The minimum absolute atomic E-state index is 0.0490. The number of carboxylic acid groups (broad SMARTS) is 1. The molecule has 0 aliphatic rings. The minimum atomic E-state index is -1.23. The number of hydrogen-bond acceptors (Lipinski definition) is 3. The van der Waals surface area contributed by atoms with Crippen LogP contribution in [0.5, 0.6) is 0 Å². The maximum Gasteiger partial charge on any atom is 0.352 e. The molecule has 1 amide bonds. The molecule has 0 aliphatic carbocycles. The SMILES string of the molecule is O=C(O)C(=Cc1ccc(Br)cc1)NC(=O)c1ccco1. The molecular weight excluding hydrogens is 326 g/mol. The first-order chi connectivity index (χ1) is 9.56. The van der Waals surface area contributed by atoms with Crippen molar-refractivity contribution in [3.05, 3.63) is 64.2 Å². The monoisotopic (exact) mass is 335 g/mol. The fourth-order valence-electron chi connectivity index (χ4n) is 1.47. The highest BCUT2D eigenvalue weighted by atomic mass is 79.9. The molecule has 0 saturated carbocycles. The summed E-state index contributed by atoms with van der Waals surface area (Å²) >= 11 is 3.29. The van der Waals surface area contributed by atoms with Gasteiger partial charge in [0.25, 0.3) is 5.91 Å². The lowest BCUT2D eigenvalue weighted by atomic mass is 10.2. The fourth-order valence-corrected chi connectivity index (χ4v) is 1.73. The number of carbonyl (C=O) groups is 2. The zero-order valence-electron chi connectivity index (χ0n) is 10.2. The molecule has 0 spiro atoms. The van der Waals surface area contributed by atoms with Gasteiger partial charge in [0.05, 0.1) is 6.26 Å². The molecule has 0 bridgehead atoms. The first kappa shape index (κ1) is 14.1. The van der Waals surface area contributed by atoms with Crippen LogP contribution in [-0.4, -0.2) is 17.0 Å². The van der Waals surface area contributed by atoms with Gasteiger partial charge in [0, 0.05) is 4.47 Å². The largest absolute Gasteiger partial charge is 0.477 e. The van der Waals surface area contributed by atoms with Crippen molar-refractivity contribution in [2.24, 2.45) is 0 Å². The summed E-state index contributed by atoms with van der Waals surface area (Å²) in [5.41, 5.74) is 0.430. The number of halogens is 1. The van der Waals surface area contributed by atoms with Crippen LogP contribution in [0.2, 0.25) is 0 Å². The molecule has 0 aliphatic heterocycles. The molecule has 0 atom stereocenters. The molecule has 6 heteroatoms. The first-order valence-corrected chi connectivity index (χ1v) is 6.41. The van der Waals surface area contributed by atoms with E-state index >= 15 is 0 Å². The second-order valence-corrected chi connectivity index (χ2v) is 4.76. The van der Waals surface area contributed by atoms with E-state index in [2.05, 4.69) is 21.2 Å². The fraction of sp³-hybridized carbons (Fsp3) is 0. The van der Waals surface area contributed by atoms with Gasteiger partial charge in [-0.3, -0.25) is 4.79 Å². The van der Waals surface area contributed by atoms with Crippen LogP contribution in [0.4, 0.5) is 0 Å². The highest BCUT2D eigenvalue weighted by Gasteiger charge is 2.15. The van der Waals surface area contributed by atoms with Gasteiger partial charge in [-0.05, 0) is 35.9 Å². The zero-order valence-corrected chi connectivity index (χ0v) is 11.8. The molecule has 0 radical (unpaired) electrons. The summed E-state index contributed by atoms with van der Waals surface area (Å²) in [5, 5.41) is 11.4.